The second kappa shape index (κ2) is 5.45. The first-order valence-corrected chi connectivity index (χ1v) is 7.03. The molecule has 1 aliphatic rings. The van der Waals surface area contributed by atoms with Gasteiger partial charge in [-0.2, -0.15) is 0 Å². The van der Waals surface area contributed by atoms with Crippen molar-refractivity contribution in [3.05, 3.63) is 22.6 Å². The van der Waals surface area contributed by atoms with Crippen LogP contribution in [0.2, 0.25) is 0 Å². The molecule has 1 aliphatic carbocycles. The van der Waals surface area contributed by atoms with Gasteiger partial charge < -0.3 is 14.8 Å². The maximum absolute atomic E-state index is 11.9. The minimum atomic E-state index is -0.752. The van der Waals surface area contributed by atoms with Crippen LogP contribution in [0.25, 0.3) is 0 Å². The lowest BCUT2D eigenvalue weighted by Gasteiger charge is -2.34. The van der Waals surface area contributed by atoms with Gasteiger partial charge in [-0.1, -0.05) is 6.92 Å². The predicted octanol–water partition coefficient (Wildman–Crippen LogP) is 2.71. The average Bonchev–Trinajstić information content (AvgIpc) is 2.77. The van der Waals surface area contributed by atoms with Gasteiger partial charge in [0.15, 0.2) is 4.67 Å². The van der Waals surface area contributed by atoms with E-state index in [1.807, 2.05) is 0 Å². The van der Waals surface area contributed by atoms with Gasteiger partial charge in [-0.15, -0.1) is 0 Å². The van der Waals surface area contributed by atoms with E-state index in [4.69, 9.17) is 4.42 Å². The normalized spacial score (nSPS) is 28.1. The fourth-order valence-corrected chi connectivity index (χ4v) is 2.69. The average molecular weight is 316 g/mol. The Morgan fingerprint density at radius 3 is 2.83 bits per heavy atom. The number of furan rings is 1. The van der Waals surface area contributed by atoms with Crippen molar-refractivity contribution in [3.8, 4) is 0 Å². The maximum atomic E-state index is 11.9. The minimum absolute atomic E-state index is 0.220. The Kier molecular flexibility index (Phi) is 4.12. The molecule has 2 rings (SSSR count). The molecular formula is C13H18BrNO3. The molecular weight excluding hydrogens is 298 g/mol. The first-order chi connectivity index (χ1) is 8.50. The van der Waals surface area contributed by atoms with E-state index in [1.165, 1.54) is 6.26 Å². The van der Waals surface area contributed by atoms with Crippen LogP contribution in [0.1, 0.15) is 43.0 Å². The summed E-state index contributed by atoms with van der Waals surface area (Å²) in [4.78, 5) is 11.9. The molecule has 0 saturated heterocycles. The quantitative estimate of drug-likeness (QED) is 0.901. The monoisotopic (exact) mass is 315 g/mol. The maximum Gasteiger partial charge on any atom is 0.255 e. The summed E-state index contributed by atoms with van der Waals surface area (Å²) < 4.78 is 5.43. The van der Waals surface area contributed by atoms with Crippen LogP contribution < -0.4 is 5.32 Å². The Balaban J connectivity index is 1.88. The van der Waals surface area contributed by atoms with Gasteiger partial charge in [0.1, 0.15) is 0 Å². The Hall–Kier alpha value is -0.810. The third-order valence-electron chi connectivity index (χ3n) is 3.65. The van der Waals surface area contributed by atoms with Gasteiger partial charge in [-0.3, -0.25) is 4.79 Å². The smallest absolute Gasteiger partial charge is 0.255 e. The van der Waals surface area contributed by atoms with Gasteiger partial charge in [0.05, 0.1) is 17.4 Å². The molecule has 0 unspecified atom stereocenters. The van der Waals surface area contributed by atoms with E-state index >= 15 is 0 Å². The lowest BCUT2D eigenvalue weighted by Crippen LogP contribution is -2.45. The topological polar surface area (TPSA) is 62.5 Å². The molecule has 4 nitrogen and oxygen atoms in total. The van der Waals surface area contributed by atoms with E-state index < -0.39 is 5.60 Å². The van der Waals surface area contributed by atoms with Gasteiger partial charge in [0.25, 0.3) is 5.91 Å². The molecule has 1 saturated carbocycles. The van der Waals surface area contributed by atoms with Crippen molar-refractivity contribution in [2.45, 2.75) is 38.2 Å². The van der Waals surface area contributed by atoms with Crippen molar-refractivity contribution in [1.29, 1.82) is 0 Å². The Morgan fingerprint density at radius 1 is 1.61 bits per heavy atom. The standard InChI is InChI=1S/C13H18BrNO3/c1-9-2-5-13(17,6-3-9)8-15-12(16)10-4-7-18-11(10)14/h4,7,9,17H,2-3,5-6,8H2,1H3,(H,15,16). The second-order valence-electron chi connectivity index (χ2n) is 5.20. The van der Waals surface area contributed by atoms with Crippen molar-refractivity contribution in [2.24, 2.45) is 5.92 Å². The Morgan fingerprint density at radius 2 is 2.28 bits per heavy atom. The summed E-state index contributed by atoms with van der Waals surface area (Å²) in [6, 6.07) is 1.60. The molecule has 0 radical (unpaired) electrons. The summed E-state index contributed by atoms with van der Waals surface area (Å²) >= 11 is 3.16. The van der Waals surface area contributed by atoms with Crippen molar-refractivity contribution < 1.29 is 14.3 Å². The first-order valence-electron chi connectivity index (χ1n) is 6.24. The van der Waals surface area contributed by atoms with E-state index in [0.717, 1.165) is 25.7 Å². The number of amides is 1. The predicted molar refractivity (Wildman–Crippen MR) is 71.3 cm³/mol. The molecule has 1 heterocycles. The molecule has 0 aliphatic heterocycles. The highest BCUT2D eigenvalue weighted by molar-refractivity contribution is 9.10. The van der Waals surface area contributed by atoms with Crippen LogP contribution in [-0.4, -0.2) is 23.2 Å². The number of carbonyl (C=O) groups is 1. The summed E-state index contributed by atoms with van der Waals surface area (Å²) in [5.41, 5.74) is -0.291. The van der Waals surface area contributed by atoms with E-state index in [-0.39, 0.29) is 5.91 Å². The molecule has 2 N–H and O–H groups in total. The summed E-state index contributed by atoms with van der Waals surface area (Å²) in [6.07, 6.45) is 4.99. The van der Waals surface area contributed by atoms with Crippen LogP contribution in [0.4, 0.5) is 0 Å². The number of halogens is 1. The zero-order valence-corrected chi connectivity index (χ0v) is 12.0. The number of hydrogen-bond acceptors (Lipinski definition) is 3. The fourth-order valence-electron chi connectivity index (χ4n) is 2.27. The second-order valence-corrected chi connectivity index (χ2v) is 5.92. The van der Waals surface area contributed by atoms with Crippen molar-refractivity contribution >= 4 is 21.8 Å². The molecule has 5 heteroatoms. The van der Waals surface area contributed by atoms with Gasteiger partial charge in [0, 0.05) is 6.54 Å². The number of rotatable bonds is 3. The van der Waals surface area contributed by atoms with Crippen molar-refractivity contribution in [3.63, 3.8) is 0 Å². The Labute approximate surface area is 115 Å². The number of nitrogens with one attached hydrogen (secondary N) is 1. The van der Waals surface area contributed by atoms with Crippen molar-refractivity contribution in [2.75, 3.05) is 6.54 Å². The fraction of sp³-hybridized carbons (Fsp3) is 0.615. The lowest BCUT2D eigenvalue weighted by atomic mass is 9.79. The third kappa shape index (κ3) is 3.14. The molecule has 100 valence electrons. The zero-order chi connectivity index (χ0) is 13.2. The lowest BCUT2D eigenvalue weighted by molar-refractivity contribution is -0.00541. The van der Waals surface area contributed by atoms with Crippen LogP contribution in [0, 0.1) is 5.92 Å². The van der Waals surface area contributed by atoms with Gasteiger partial charge in [0.2, 0.25) is 0 Å². The summed E-state index contributed by atoms with van der Waals surface area (Å²) in [5, 5.41) is 13.1. The molecule has 1 aromatic heterocycles. The van der Waals surface area contributed by atoms with Crippen LogP contribution in [0.5, 0.6) is 0 Å². The van der Waals surface area contributed by atoms with Crippen LogP contribution in [0.15, 0.2) is 21.4 Å². The first kappa shape index (κ1) is 13.6. The van der Waals surface area contributed by atoms with E-state index in [2.05, 4.69) is 28.2 Å². The highest BCUT2D eigenvalue weighted by atomic mass is 79.9. The Bertz CT molecular complexity index is 422. The number of hydrogen-bond donors (Lipinski definition) is 2. The number of aliphatic hydroxyl groups is 1. The molecule has 0 aromatic carbocycles. The zero-order valence-electron chi connectivity index (χ0n) is 10.4. The van der Waals surface area contributed by atoms with Crippen molar-refractivity contribution in [1.82, 2.24) is 5.32 Å². The van der Waals surface area contributed by atoms with E-state index in [0.29, 0.717) is 22.7 Å². The van der Waals surface area contributed by atoms with Gasteiger partial charge in [-0.25, -0.2) is 0 Å². The highest BCUT2D eigenvalue weighted by Crippen LogP contribution is 2.31. The van der Waals surface area contributed by atoms with E-state index in [1.54, 1.807) is 6.07 Å². The molecule has 0 atom stereocenters. The molecule has 1 amide bonds. The largest absolute Gasteiger partial charge is 0.457 e. The molecule has 0 bridgehead atoms. The summed E-state index contributed by atoms with van der Waals surface area (Å²) in [5.74, 6) is 0.451. The molecule has 1 fully saturated rings. The minimum Gasteiger partial charge on any atom is -0.457 e. The highest BCUT2D eigenvalue weighted by Gasteiger charge is 2.32. The molecule has 0 spiro atoms. The number of carbonyl (C=O) groups excluding carboxylic acids is 1. The summed E-state index contributed by atoms with van der Waals surface area (Å²) in [6.45, 7) is 2.50. The van der Waals surface area contributed by atoms with E-state index in [9.17, 15) is 9.90 Å². The summed E-state index contributed by atoms with van der Waals surface area (Å²) in [7, 11) is 0. The molecule has 18 heavy (non-hydrogen) atoms. The SMILES string of the molecule is CC1CCC(O)(CNC(=O)c2ccoc2Br)CC1. The van der Waals surface area contributed by atoms with Crippen LogP contribution >= 0.6 is 15.9 Å². The molecule has 1 aromatic rings. The third-order valence-corrected chi connectivity index (χ3v) is 4.26. The van der Waals surface area contributed by atoms with Gasteiger partial charge >= 0.3 is 0 Å². The van der Waals surface area contributed by atoms with Crippen LogP contribution in [-0.2, 0) is 0 Å². The van der Waals surface area contributed by atoms with Crippen LogP contribution in [0.3, 0.4) is 0 Å². The van der Waals surface area contributed by atoms with Gasteiger partial charge in [-0.05, 0) is 53.6 Å².